The highest BCUT2D eigenvalue weighted by atomic mass is 32.2. The first-order chi connectivity index (χ1) is 16.8. The number of carbonyl (C=O) groups excluding carboxylic acids is 1. The number of nitrogens with zero attached hydrogens (tertiary/aromatic N) is 4. The summed E-state index contributed by atoms with van der Waals surface area (Å²) in [6.07, 6.45) is 3.50. The summed E-state index contributed by atoms with van der Waals surface area (Å²) in [5.74, 6) is 1.34. The molecule has 0 saturated heterocycles. The average molecular weight is 464 g/mol. The zero-order valence-corrected chi connectivity index (χ0v) is 19.0. The molecule has 0 spiro atoms. The van der Waals surface area contributed by atoms with Crippen LogP contribution in [0.5, 0.6) is 0 Å². The summed E-state index contributed by atoms with van der Waals surface area (Å²) in [7, 11) is 0. The molecule has 0 aliphatic rings. The molecule has 0 saturated carbocycles. The van der Waals surface area contributed by atoms with Crippen molar-refractivity contribution in [3.63, 3.8) is 0 Å². The van der Waals surface area contributed by atoms with Crippen molar-refractivity contribution in [3.8, 4) is 17.1 Å². The number of carbonyl (C=O) groups is 1. The van der Waals surface area contributed by atoms with Gasteiger partial charge in [0.2, 0.25) is 0 Å². The van der Waals surface area contributed by atoms with E-state index in [-0.39, 0.29) is 5.91 Å². The van der Waals surface area contributed by atoms with Crippen molar-refractivity contribution >= 4 is 23.4 Å². The molecule has 2 aromatic heterocycles. The number of anilines is 1. The Morgan fingerprint density at radius 2 is 1.47 bits per heavy atom. The van der Waals surface area contributed by atoms with Crippen molar-refractivity contribution in [1.29, 1.82) is 0 Å². The molecular formula is C27H21N5OS. The van der Waals surface area contributed by atoms with Gasteiger partial charge in [-0.05, 0) is 54.1 Å². The lowest BCUT2D eigenvalue weighted by Gasteiger charge is -2.10. The molecule has 0 unspecified atom stereocenters. The Morgan fingerprint density at radius 3 is 2.18 bits per heavy atom. The SMILES string of the molecule is O=C(Nc1ccccc1)c1ccc(CSc2nnc(-c3ccncc3)n2-c2ccccc2)cc1. The van der Waals surface area contributed by atoms with Crippen LogP contribution in [0.2, 0.25) is 0 Å². The number of hydrogen-bond donors (Lipinski definition) is 1. The number of pyridine rings is 1. The first-order valence-corrected chi connectivity index (χ1v) is 11.8. The Bertz CT molecular complexity index is 1370. The Morgan fingerprint density at radius 1 is 0.794 bits per heavy atom. The molecule has 6 nitrogen and oxygen atoms in total. The molecule has 5 rings (SSSR count). The summed E-state index contributed by atoms with van der Waals surface area (Å²) < 4.78 is 2.06. The van der Waals surface area contributed by atoms with Gasteiger partial charge in [-0.3, -0.25) is 14.3 Å². The zero-order chi connectivity index (χ0) is 23.2. The number of rotatable bonds is 7. The van der Waals surface area contributed by atoms with Gasteiger partial charge in [0, 0.05) is 40.6 Å². The van der Waals surface area contributed by atoms with Crippen LogP contribution in [0, 0.1) is 0 Å². The van der Waals surface area contributed by atoms with Gasteiger partial charge < -0.3 is 5.32 Å². The van der Waals surface area contributed by atoms with Crippen LogP contribution >= 0.6 is 11.8 Å². The maximum Gasteiger partial charge on any atom is 0.255 e. The molecule has 1 amide bonds. The van der Waals surface area contributed by atoms with Crippen molar-refractivity contribution in [3.05, 3.63) is 121 Å². The number of nitrogens with one attached hydrogen (secondary N) is 1. The van der Waals surface area contributed by atoms with Gasteiger partial charge in [0.05, 0.1) is 0 Å². The van der Waals surface area contributed by atoms with Crippen LogP contribution in [0.3, 0.4) is 0 Å². The highest BCUT2D eigenvalue weighted by molar-refractivity contribution is 7.98. The molecule has 0 radical (unpaired) electrons. The monoisotopic (exact) mass is 463 g/mol. The van der Waals surface area contributed by atoms with E-state index in [1.54, 1.807) is 24.2 Å². The Hall–Kier alpha value is -4.23. The minimum absolute atomic E-state index is 0.129. The van der Waals surface area contributed by atoms with Crippen molar-refractivity contribution in [1.82, 2.24) is 19.7 Å². The molecular weight excluding hydrogens is 442 g/mol. The maximum absolute atomic E-state index is 12.5. The van der Waals surface area contributed by atoms with Gasteiger partial charge in [-0.25, -0.2) is 0 Å². The second-order valence-electron chi connectivity index (χ2n) is 7.52. The van der Waals surface area contributed by atoms with E-state index in [1.807, 2.05) is 97.1 Å². The van der Waals surface area contributed by atoms with Crippen molar-refractivity contribution in [2.75, 3.05) is 5.32 Å². The van der Waals surface area contributed by atoms with E-state index in [0.717, 1.165) is 33.5 Å². The van der Waals surface area contributed by atoms with Gasteiger partial charge in [-0.1, -0.05) is 60.3 Å². The minimum Gasteiger partial charge on any atom is -0.322 e. The van der Waals surface area contributed by atoms with E-state index in [2.05, 4.69) is 25.1 Å². The standard InChI is InChI=1S/C27H21N5OS/c33-26(29-23-7-3-1-4-8-23)22-13-11-20(12-14-22)19-34-27-31-30-25(21-15-17-28-18-16-21)32(27)24-9-5-2-6-10-24/h1-18H,19H2,(H,29,33). The summed E-state index contributed by atoms with van der Waals surface area (Å²) in [6.45, 7) is 0. The molecule has 0 fully saturated rings. The second-order valence-corrected chi connectivity index (χ2v) is 8.46. The lowest BCUT2D eigenvalue weighted by atomic mass is 10.1. The van der Waals surface area contributed by atoms with Crippen molar-refractivity contribution in [2.24, 2.45) is 0 Å². The van der Waals surface area contributed by atoms with E-state index in [1.165, 1.54) is 0 Å². The van der Waals surface area contributed by atoms with Gasteiger partial charge in [0.1, 0.15) is 0 Å². The molecule has 0 aliphatic carbocycles. The highest BCUT2D eigenvalue weighted by Crippen LogP contribution is 2.29. The van der Waals surface area contributed by atoms with Crippen LogP contribution in [0.15, 0.2) is 115 Å². The Labute approximate surface area is 201 Å². The fourth-order valence-corrected chi connectivity index (χ4v) is 4.39. The summed E-state index contributed by atoms with van der Waals surface area (Å²) in [5, 5.41) is 12.6. The van der Waals surface area contributed by atoms with Crippen LogP contribution in [0.4, 0.5) is 5.69 Å². The van der Waals surface area contributed by atoms with Gasteiger partial charge in [0.25, 0.3) is 5.91 Å². The second kappa shape index (κ2) is 10.1. The van der Waals surface area contributed by atoms with Gasteiger partial charge in [0.15, 0.2) is 11.0 Å². The Kier molecular flexibility index (Phi) is 6.45. The number of amides is 1. The number of thioether (sulfide) groups is 1. The van der Waals surface area contributed by atoms with E-state index >= 15 is 0 Å². The third-order valence-corrected chi connectivity index (χ3v) is 6.20. The average Bonchev–Trinajstić information content (AvgIpc) is 3.33. The van der Waals surface area contributed by atoms with Crippen LogP contribution in [-0.2, 0) is 5.75 Å². The Balaban J connectivity index is 1.33. The van der Waals surface area contributed by atoms with Crippen LogP contribution in [-0.4, -0.2) is 25.7 Å². The fourth-order valence-electron chi connectivity index (χ4n) is 3.49. The van der Waals surface area contributed by atoms with Gasteiger partial charge >= 0.3 is 0 Å². The molecule has 0 atom stereocenters. The van der Waals surface area contributed by atoms with Crippen LogP contribution < -0.4 is 5.32 Å². The molecule has 0 aliphatic heterocycles. The van der Waals surface area contributed by atoms with Crippen molar-refractivity contribution < 1.29 is 4.79 Å². The largest absolute Gasteiger partial charge is 0.322 e. The van der Waals surface area contributed by atoms with E-state index in [0.29, 0.717) is 11.3 Å². The van der Waals surface area contributed by atoms with Gasteiger partial charge in [-0.2, -0.15) is 0 Å². The molecule has 1 N–H and O–H groups in total. The smallest absolute Gasteiger partial charge is 0.255 e. The number of benzene rings is 3. The highest BCUT2D eigenvalue weighted by Gasteiger charge is 2.16. The molecule has 7 heteroatoms. The summed E-state index contributed by atoms with van der Waals surface area (Å²) in [4.78, 5) is 16.6. The molecule has 3 aromatic carbocycles. The fraction of sp³-hybridized carbons (Fsp3) is 0.0370. The topological polar surface area (TPSA) is 72.7 Å². The van der Waals surface area contributed by atoms with E-state index in [4.69, 9.17) is 0 Å². The van der Waals surface area contributed by atoms with E-state index < -0.39 is 0 Å². The molecule has 5 aromatic rings. The van der Waals surface area contributed by atoms with Crippen LogP contribution in [0.1, 0.15) is 15.9 Å². The molecule has 0 bridgehead atoms. The molecule has 2 heterocycles. The third-order valence-electron chi connectivity index (χ3n) is 5.20. The lowest BCUT2D eigenvalue weighted by molar-refractivity contribution is 0.102. The van der Waals surface area contributed by atoms with Crippen molar-refractivity contribution in [2.45, 2.75) is 10.9 Å². The zero-order valence-electron chi connectivity index (χ0n) is 18.2. The quantitative estimate of drug-likeness (QED) is 0.306. The predicted molar refractivity (Wildman–Crippen MR) is 135 cm³/mol. The summed E-state index contributed by atoms with van der Waals surface area (Å²) >= 11 is 1.60. The van der Waals surface area contributed by atoms with E-state index in [9.17, 15) is 4.79 Å². The van der Waals surface area contributed by atoms with Crippen LogP contribution in [0.25, 0.3) is 17.1 Å². The maximum atomic E-state index is 12.5. The third kappa shape index (κ3) is 4.89. The first-order valence-electron chi connectivity index (χ1n) is 10.8. The molecule has 34 heavy (non-hydrogen) atoms. The summed E-state index contributed by atoms with van der Waals surface area (Å²) in [5.41, 5.74) is 4.43. The number of aromatic nitrogens is 4. The number of hydrogen-bond acceptors (Lipinski definition) is 5. The summed E-state index contributed by atoms with van der Waals surface area (Å²) in [6, 6.07) is 31.0. The molecule has 166 valence electrons. The minimum atomic E-state index is -0.129. The van der Waals surface area contributed by atoms with Gasteiger partial charge in [-0.15, -0.1) is 10.2 Å². The normalized spacial score (nSPS) is 10.7. The first kappa shape index (κ1) is 21.6. The predicted octanol–water partition coefficient (Wildman–Crippen LogP) is 5.87. The lowest BCUT2D eigenvalue weighted by Crippen LogP contribution is -2.11. The number of para-hydroxylation sites is 2.